The fraction of sp³-hybridized carbons (Fsp3) is 0.368. The lowest BCUT2D eigenvalue weighted by Gasteiger charge is -2.25. The number of benzene rings is 1. The van der Waals surface area contributed by atoms with Gasteiger partial charge in [-0.1, -0.05) is 36.4 Å². The van der Waals surface area contributed by atoms with Crippen molar-refractivity contribution in [3.05, 3.63) is 59.8 Å². The number of hydrogen-bond acceptors (Lipinski definition) is 4. The number of nitrogens with one attached hydrogen (secondary N) is 2. The van der Waals surface area contributed by atoms with Gasteiger partial charge in [0.2, 0.25) is 5.88 Å². The summed E-state index contributed by atoms with van der Waals surface area (Å²) in [5.41, 5.74) is 0.851. The summed E-state index contributed by atoms with van der Waals surface area (Å²) in [6.45, 7) is 5.36. The summed E-state index contributed by atoms with van der Waals surface area (Å²) >= 11 is 0. The van der Waals surface area contributed by atoms with Gasteiger partial charge in [-0.15, -0.1) is 0 Å². The van der Waals surface area contributed by atoms with Crippen LogP contribution in [0.5, 0.6) is 5.88 Å². The molecule has 0 radical (unpaired) electrons. The first-order valence-corrected chi connectivity index (χ1v) is 8.34. The molecular weight excluding hydrogens is 316 g/mol. The standard InChI is InChI=1S/C19H26N4O2/c1-4-20-18(22-13-15-10-11-17(25-3)21-12-15)23-14-19(2,24)16-8-6-5-7-9-16/h5-12,24H,4,13-14H2,1-3H3,(H2,20,22,23). The molecule has 2 aromatic rings. The number of ether oxygens (including phenoxy) is 1. The van der Waals surface area contributed by atoms with Crippen LogP contribution in [0, 0.1) is 0 Å². The second kappa shape index (κ2) is 9.03. The van der Waals surface area contributed by atoms with Gasteiger partial charge in [0.25, 0.3) is 0 Å². The maximum Gasteiger partial charge on any atom is 0.212 e. The van der Waals surface area contributed by atoms with Gasteiger partial charge >= 0.3 is 0 Å². The molecule has 1 aromatic carbocycles. The van der Waals surface area contributed by atoms with Gasteiger partial charge in [-0.25, -0.2) is 9.98 Å². The molecule has 1 heterocycles. The lowest BCUT2D eigenvalue weighted by atomic mass is 9.96. The third-order valence-electron chi connectivity index (χ3n) is 3.77. The topological polar surface area (TPSA) is 78.8 Å². The van der Waals surface area contributed by atoms with Gasteiger partial charge in [-0.2, -0.15) is 0 Å². The van der Waals surface area contributed by atoms with Crippen LogP contribution in [0.3, 0.4) is 0 Å². The van der Waals surface area contributed by atoms with E-state index in [1.54, 1.807) is 20.2 Å². The average Bonchev–Trinajstić information content (AvgIpc) is 2.65. The fourth-order valence-electron chi connectivity index (χ4n) is 2.29. The van der Waals surface area contributed by atoms with Crippen molar-refractivity contribution in [3.63, 3.8) is 0 Å². The number of guanidine groups is 1. The van der Waals surface area contributed by atoms with E-state index in [2.05, 4.69) is 20.6 Å². The molecule has 0 aliphatic heterocycles. The summed E-state index contributed by atoms with van der Waals surface area (Å²) in [6.07, 6.45) is 1.74. The molecule has 0 saturated carbocycles. The Balaban J connectivity index is 1.99. The van der Waals surface area contributed by atoms with Crippen molar-refractivity contribution in [2.45, 2.75) is 26.0 Å². The maximum atomic E-state index is 10.7. The first-order valence-electron chi connectivity index (χ1n) is 8.34. The zero-order chi connectivity index (χ0) is 18.1. The van der Waals surface area contributed by atoms with Crippen molar-refractivity contribution in [2.75, 3.05) is 20.2 Å². The van der Waals surface area contributed by atoms with Crippen LogP contribution < -0.4 is 15.4 Å². The largest absolute Gasteiger partial charge is 0.481 e. The minimum Gasteiger partial charge on any atom is -0.481 e. The summed E-state index contributed by atoms with van der Waals surface area (Å²) in [4.78, 5) is 8.71. The van der Waals surface area contributed by atoms with Crippen molar-refractivity contribution >= 4 is 5.96 Å². The Hall–Kier alpha value is -2.60. The lowest BCUT2D eigenvalue weighted by Crippen LogP contribution is -2.44. The number of methoxy groups -OCH3 is 1. The Labute approximate surface area is 149 Å². The van der Waals surface area contributed by atoms with Crippen LogP contribution >= 0.6 is 0 Å². The Bertz CT molecular complexity index is 670. The summed E-state index contributed by atoms with van der Waals surface area (Å²) in [6, 6.07) is 13.3. The highest BCUT2D eigenvalue weighted by molar-refractivity contribution is 5.79. The predicted molar refractivity (Wildman–Crippen MR) is 99.6 cm³/mol. The van der Waals surface area contributed by atoms with Crippen molar-refractivity contribution in [3.8, 4) is 5.88 Å². The first-order chi connectivity index (χ1) is 12.0. The number of nitrogens with zero attached hydrogens (tertiary/aromatic N) is 2. The molecule has 0 aliphatic rings. The van der Waals surface area contributed by atoms with Crippen molar-refractivity contribution in [2.24, 2.45) is 4.99 Å². The maximum absolute atomic E-state index is 10.7. The van der Waals surface area contributed by atoms with Crippen LogP contribution in [0.25, 0.3) is 0 Å². The molecule has 2 rings (SSSR count). The smallest absolute Gasteiger partial charge is 0.212 e. The first kappa shape index (κ1) is 18.7. The normalized spacial score (nSPS) is 13.8. The Morgan fingerprint density at radius 2 is 1.96 bits per heavy atom. The molecule has 0 aliphatic carbocycles. The van der Waals surface area contributed by atoms with Crippen LogP contribution in [0.4, 0.5) is 0 Å². The van der Waals surface area contributed by atoms with Crippen LogP contribution in [-0.4, -0.2) is 36.2 Å². The van der Waals surface area contributed by atoms with E-state index in [9.17, 15) is 5.11 Å². The predicted octanol–water partition coefficient (Wildman–Crippen LogP) is 2.05. The molecule has 3 N–H and O–H groups in total. The van der Waals surface area contributed by atoms with Gasteiger partial charge in [0.05, 0.1) is 20.2 Å². The van der Waals surface area contributed by atoms with Crippen LogP contribution in [0.1, 0.15) is 25.0 Å². The second-order valence-corrected chi connectivity index (χ2v) is 5.90. The summed E-state index contributed by atoms with van der Waals surface area (Å²) in [5.74, 6) is 1.23. The van der Waals surface area contributed by atoms with Crippen LogP contribution in [0.15, 0.2) is 53.7 Å². The molecule has 1 aromatic heterocycles. The monoisotopic (exact) mass is 342 g/mol. The molecule has 6 nitrogen and oxygen atoms in total. The van der Waals surface area contributed by atoms with E-state index in [1.807, 2.05) is 49.4 Å². The van der Waals surface area contributed by atoms with E-state index in [-0.39, 0.29) is 0 Å². The zero-order valence-corrected chi connectivity index (χ0v) is 15.0. The Morgan fingerprint density at radius 1 is 1.20 bits per heavy atom. The molecule has 0 spiro atoms. The third-order valence-corrected chi connectivity index (χ3v) is 3.77. The molecule has 0 bridgehead atoms. The zero-order valence-electron chi connectivity index (χ0n) is 15.0. The number of pyridine rings is 1. The summed E-state index contributed by atoms with van der Waals surface area (Å²) in [7, 11) is 1.59. The molecule has 134 valence electrons. The number of aliphatic imine (C=N–C) groups is 1. The average molecular weight is 342 g/mol. The molecule has 25 heavy (non-hydrogen) atoms. The van der Waals surface area contributed by atoms with E-state index >= 15 is 0 Å². The van der Waals surface area contributed by atoms with Crippen molar-refractivity contribution < 1.29 is 9.84 Å². The number of hydrogen-bond donors (Lipinski definition) is 3. The molecule has 6 heteroatoms. The molecule has 0 amide bonds. The van der Waals surface area contributed by atoms with Crippen molar-refractivity contribution in [1.29, 1.82) is 0 Å². The highest BCUT2D eigenvalue weighted by Gasteiger charge is 2.22. The van der Waals surface area contributed by atoms with E-state index < -0.39 is 5.60 Å². The van der Waals surface area contributed by atoms with Gasteiger partial charge in [0.15, 0.2) is 5.96 Å². The van der Waals surface area contributed by atoms with Crippen LogP contribution in [0.2, 0.25) is 0 Å². The Morgan fingerprint density at radius 3 is 2.56 bits per heavy atom. The molecule has 0 saturated heterocycles. The lowest BCUT2D eigenvalue weighted by molar-refractivity contribution is 0.0617. The molecular formula is C19H26N4O2. The summed E-state index contributed by atoms with van der Waals surface area (Å²) < 4.78 is 5.05. The quantitative estimate of drug-likeness (QED) is 0.530. The van der Waals surface area contributed by atoms with Crippen molar-refractivity contribution in [1.82, 2.24) is 15.6 Å². The molecule has 1 unspecified atom stereocenters. The SMILES string of the molecule is CCNC(=NCc1ccc(OC)nc1)NCC(C)(O)c1ccccc1. The van der Waals surface area contributed by atoms with E-state index in [4.69, 9.17) is 4.74 Å². The summed E-state index contributed by atoms with van der Waals surface area (Å²) in [5, 5.41) is 17.1. The van der Waals surface area contributed by atoms with Gasteiger partial charge < -0.3 is 20.5 Å². The third kappa shape index (κ3) is 5.76. The molecule has 1 atom stereocenters. The van der Waals surface area contributed by atoms with Gasteiger partial charge in [0.1, 0.15) is 5.60 Å². The number of rotatable bonds is 7. The minimum absolute atomic E-state index is 0.351. The number of aromatic nitrogens is 1. The number of aliphatic hydroxyl groups is 1. The molecule has 0 fully saturated rings. The van der Waals surface area contributed by atoms with Gasteiger partial charge in [0, 0.05) is 18.8 Å². The van der Waals surface area contributed by atoms with E-state index in [0.717, 1.165) is 17.7 Å². The highest BCUT2D eigenvalue weighted by Crippen LogP contribution is 2.18. The second-order valence-electron chi connectivity index (χ2n) is 5.90. The van der Waals surface area contributed by atoms with E-state index in [1.165, 1.54) is 0 Å². The Kier molecular flexibility index (Phi) is 6.77. The minimum atomic E-state index is -0.987. The van der Waals surface area contributed by atoms with Gasteiger partial charge in [-0.3, -0.25) is 0 Å². The van der Waals surface area contributed by atoms with Crippen LogP contribution in [-0.2, 0) is 12.1 Å². The highest BCUT2D eigenvalue weighted by atomic mass is 16.5. The van der Waals surface area contributed by atoms with E-state index in [0.29, 0.717) is 24.9 Å². The fourth-order valence-corrected chi connectivity index (χ4v) is 2.29. The van der Waals surface area contributed by atoms with Gasteiger partial charge in [-0.05, 0) is 25.0 Å².